The number of carbonyl (C=O) groups excluding carboxylic acids is 2. The van der Waals surface area contributed by atoms with Crippen LogP contribution in [0.4, 0.5) is 5.00 Å². The number of nitrogens with two attached hydrogens (primary N) is 1. The van der Waals surface area contributed by atoms with Crippen molar-refractivity contribution in [2.45, 2.75) is 45.2 Å². The average molecular weight is 309 g/mol. The molecule has 2 aliphatic heterocycles. The lowest BCUT2D eigenvalue weighted by Crippen LogP contribution is -2.54. The third-order valence-corrected chi connectivity index (χ3v) is 4.82. The van der Waals surface area contributed by atoms with Crippen molar-refractivity contribution < 1.29 is 14.4 Å². The number of likely N-dealkylation sites (tertiary alicyclic amines) is 1. The predicted molar refractivity (Wildman–Crippen MR) is 79.6 cm³/mol. The van der Waals surface area contributed by atoms with Crippen LogP contribution in [-0.2, 0) is 16.1 Å². The molecule has 1 atom stereocenters. The Labute approximate surface area is 127 Å². The number of rotatable bonds is 4. The maximum Gasteiger partial charge on any atom is 0.249 e. The third-order valence-electron chi connectivity index (χ3n) is 3.98. The first-order chi connectivity index (χ1) is 10.1. The second kappa shape index (κ2) is 5.65. The molecule has 2 amide bonds. The van der Waals surface area contributed by atoms with Crippen LogP contribution in [0.15, 0.2) is 5.38 Å². The number of hydroxylamine groups is 2. The van der Waals surface area contributed by atoms with E-state index in [4.69, 9.17) is 10.6 Å². The van der Waals surface area contributed by atoms with Gasteiger partial charge in [0.05, 0.1) is 11.5 Å². The summed E-state index contributed by atoms with van der Waals surface area (Å²) in [4.78, 5) is 31.6. The Morgan fingerprint density at radius 3 is 3.00 bits per heavy atom. The number of nitrogens with zero attached hydrogens (tertiary/aromatic N) is 2. The van der Waals surface area contributed by atoms with E-state index in [0.29, 0.717) is 25.9 Å². The molecule has 0 aliphatic carbocycles. The van der Waals surface area contributed by atoms with Crippen molar-refractivity contribution in [3.8, 4) is 5.75 Å². The van der Waals surface area contributed by atoms with Crippen LogP contribution in [0.5, 0.6) is 5.75 Å². The van der Waals surface area contributed by atoms with Crippen molar-refractivity contribution >= 4 is 28.2 Å². The Morgan fingerprint density at radius 2 is 2.29 bits per heavy atom. The molecule has 1 fully saturated rings. The van der Waals surface area contributed by atoms with Gasteiger partial charge in [-0.05, 0) is 12.8 Å². The average Bonchev–Trinajstić information content (AvgIpc) is 3.01. The van der Waals surface area contributed by atoms with Gasteiger partial charge in [0.1, 0.15) is 6.04 Å². The lowest BCUT2D eigenvalue weighted by Gasteiger charge is -2.34. The molecule has 7 heteroatoms. The molecule has 0 bridgehead atoms. The van der Waals surface area contributed by atoms with E-state index in [9.17, 15) is 9.59 Å². The molecule has 0 radical (unpaired) electrons. The number of carbonyl (C=O) groups is 2. The molecule has 1 aromatic heterocycles. The van der Waals surface area contributed by atoms with Gasteiger partial charge >= 0.3 is 0 Å². The molecule has 3 heterocycles. The summed E-state index contributed by atoms with van der Waals surface area (Å²) in [5, 5.41) is 4.26. The number of imide groups is 1. The van der Waals surface area contributed by atoms with Gasteiger partial charge in [0, 0.05) is 23.9 Å². The van der Waals surface area contributed by atoms with Gasteiger partial charge in [0.2, 0.25) is 11.8 Å². The fraction of sp³-hybridized carbons (Fsp3) is 0.571. The molecule has 1 unspecified atom stereocenters. The zero-order valence-corrected chi connectivity index (χ0v) is 12.8. The van der Waals surface area contributed by atoms with Crippen LogP contribution < -0.4 is 10.6 Å². The topological polar surface area (TPSA) is 75.9 Å². The van der Waals surface area contributed by atoms with Gasteiger partial charge in [-0.1, -0.05) is 13.3 Å². The van der Waals surface area contributed by atoms with Gasteiger partial charge in [-0.3, -0.25) is 14.5 Å². The number of fused-ring (bicyclic) bond motifs is 1. The van der Waals surface area contributed by atoms with E-state index >= 15 is 0 Å². The number of anilines is 1. The van der Waals surface area contributed by atoms with Crippen molar-refractivity contribution in [3.05, 3.63) is 10.9 Å². The van der Waals surface area contributed by atoms with Crippen LogP contribution in [0.25, 0.3) is 0 Å². The van der Waals surface area contributed by atoms with Crippen molar-refractivity contribution in [1.82, 2.24) is 9.96 Å². The molecule has 0 spiro atoms. The molecule has 3 rings (SSSR count). The highest BCUT2D eigenvalue weighted by Crippen LogP contribution is 2.39. The monoisotopic (exact) mass is 309 g/mol. The maximum absolute atomic E-state index is 12.5. The van der Waals surface area contributed by atoms with Crippen LogP contribution in [0.3, 0.4) is 0 Å². The Kier molecular flexibility index (Phi) is 3.86. The van der Waals surface area contributed by atoms with E-state index in [1.807, 2.05) is 12.3 Å². The smallest absolute Gasteiger partial charge is 0.249 e. The Hall–Kier alpha value is -1.60. The SMILES string of the molecule is CCCCN1C(=O)CCC(N2Cc3c(csc3N)O2)C1=O. The van der Waals surface area contributed by atoms with Crippen molar-refractivity contribution in [3.63, 3.8) is 0 Å². The van der Waals surface area contributed by atoms with Gasteiger partial charge in [0.25, 0.3) is 0 Å². The molecule has 0 saturated carbocycles. The molecule has 6 nitrogen and oxygen atoms in total. The quantitative estimate of drug-likeness (QED) is 0.858. The van der Waals surface area contributed by atoms with Crippen LogP contribution >= 0.6 is 11.3 Å². The van der Waals surface area contributed by atoms with Crippen LogP contribution in [0.2, 0.25) is 0 Å². The first kappa shape index (κ1) is 14.3. The first-order valence-electron chi connectivity index (χ1n) is 7.26. The number of hydrogen-bond donors (Lipinski definition) is 1. The van der Waals surface area contributed by atoms with E-state index < -0.39 is 6.04 Å². The largest absolute Gasteiger partial charge is 0.404 e. The summed E-state index contributed by atoms with van der Waals surface area (Å²) >= 11 is 1.45. The van der Waals surface area contributed by atoms with Crippen LogP contribution in [0, 0.1) is 0 Å². The Morgan fingerprint density at radius 1 is 1.48 bits per heavy atom. The standard InChI is InChI=1S/C14H19N3O3S/c1-2-3-6-16-12(18)5-4-10(14(16)19)17-7-9-11(20-17)8-21-13(9)15/h8,10H,2-7,15H2,1H3. The first-order valence-corrected chi connectivity index (χ1v) is 8.14. The number of amides is 2. The second-order valence-electron chi connectivity index (χ2n) is 5.40. The van der Waals surface area contributed by atoms with Crippen molar-refractivity contribution in [2.75, 3.05) is 12.3 Å². The highest BCUT2D eigenvalue weighted by Gasteiger charge is 2.41. The highest BCUT2D eigenvalue weighted by molar-refractivity contribution is 7.14. The fourth-order valence-corrected chi connectivity index (χ4v) is 3.47. The Balaban J connectivity index is 1.72. The van der Waals surface area contributed by atoms with Gasteiger partial charge in [0.15, 0.2) is 5.75 Å². The van der Waals surface area contributed by atoms with E-state index in [-0.39, 0.29) is 11.8 Å². The summed E-state index contributed by atoms with van der Waals surface area (Å²) < 4.78 is 0. The summed E-state index contributed by atoms with van der Waals surface area (Å²) in [6.45, 7) is 3.05. The molecule has 1 saturated heterocycles. The lowest BCUT2D eigenvalue weighted by atomic mass is 10.0. The van der Waals surface area contributed by atoms with E-state index in [1.165, 1.54) is 16.2 Å². The molecular formula is C14H19N3O3S. The molecule has 2 aliphatic rings. The minimum Gasteiger partial charge on any atom is -0.404 e. The number of hydrogen-bond acceptors (Lipinski definition) is 6. The highest BCUT2D eigenvalue weighted by atomic mass is 32.1. The third kappa shape index (κ3) is 2.51. The Bertz CT molecular complexity index is 572. The van der Waals surface area contributed by atoms with Gasteiger partial charge in [-0.25, -0.2) is 0 Å². The van der Waals surface area contributed by atoms with Crippen molar-refractivity contribution in [2.24, 2.45) is 0 Å². The minimum atomic E-state index is -0.392. The van der Waals surface area contributed by atoms with Gasteiger partial charge in [-0.15, -0.1) is 16.4 Å². The number of nitrogen functional groups attached to an aromatic ring is 1. The summed E-state index contributed by atoms with van der Waals surface area (Å²) in [5.41, 5.74) is 6.84. The molecule has 114 valence electrons. The molecule has 2 N–H and O–H groups in total. The summed E-state index contributed by atoms with van der Waals surface area (Å²) in [7, 11) is 0. The number of unbranched alkanes of at least 4 members (excludes halogenated alkanes) is 1. The molecule has 21 heavy (non-hydrogen) atoms. The minimum absolute atomic E-state index is 0.0717. The molecule has 1 aromatic rings. The fourth-order valence-electron chi connectivity index (χ4n) is 2.74. The van der Waals surface area contributed by atoms with Crippen LogP contribution in [-0.4, -0.2) is 34.4 Å². The zero-order valence-electron chi connectivity index (χ0n) is 12.0. The van der Waals surface area contributed by atoms with Gasteiger partial charge in [-0.2, -0.15) is 0 Å². The molecular weight excluding hydrogens is 290 g/mol. The summed E-state index contributed by atoms with van der Waals surface area (Å²) in [6, 6.07) is -0.392. The van der Waals surface area contributed by atoms with E-state index in [1.54, 1.807) is 5.06 Å². The lowest BCUT2D eigenvalue weighted by molar-refractivity contribution is -0.165. The second-order valence-corrected chi connectivity index (χ2v) is 6.31. The number of piperidine rings is 1. The van der Waals surface area contributed by atoms with E-state index in [2.05, 4.69) is 0 Å². The predicted octanol–water partition coefficient (Wildman–Crippen LogP) is 1.76. The van der Waals surface area contributed by atoms with E-state index in [0.717, 1.165) is 29.2 Å². The normalized spacial score (nSPS) is 22.5. The number of thiophene rings is 1. The maximum atomic E-state index is 12.5. The van der Waals surface area contributed by atoms with Gasteiger partial charge < -0.3 is 10.6 Å². The summed E-state index contributed by atoms with van der Waals surface area (Å²) in [6.07, 6.45) is 2.69. The molecule has 0 aromatic carbocycles. The van der Waals surface area contributed by atoms with Crippen LogP contribution in [0.1, 0.15) is 38.2 Å². The summed E-state index contributed by atoms with van der Waals surface area (Å²) in [5.74, 6) is 0.520. The zero-order chi connectivity index (χ0) is 15.0. The van der Waals surface area contributed by atoms with Crippen molar-refractivity contribution in [1.29, 1.82) is 0 Å².